The molecular weight excluding hydrogens is 715 g/mol. The van der Waals surface area contributed by atoms with Gasteiger partial charge in [0.1, 0.15) is 11.5 Å². The van der Waals surface area contributed by atoms with Crippen LogP contribution in [0.25, 0.3) is 76.8 Å². The Morgan fingerprint density at radius 3 is 1.90 bits per heavy atom. The molecule has 0 saturated carbocycles. The number of benzene rings is 10. The summed E-state index contributed by atoms with van der Waals surface area (Å²) in [5, 5.41) is 7.19. The van der Waals surface area contributed by atoms with Gasteiger partial charge in [-0.2, -0.15) is 0 Å². The van der Waals surface area contributed by atoms with E-state index in [4.69, 9.17) is 4.74 Å². The predicted molar refractivity (Wildman–Crippen MR) is 248 cm³/mol. The highest BCUT2D eigenvalue weighted by atomic mass is 16.5. The smallest absolute Gasteiger partial charge is 0.137 e. The molecule has 1 aliphatic heterocycles. The number of anilines is 3. The largest absolute Gasteiger partial charge is 0.456 e. The van der Waals surface area contributed by atoms with E-state index in [1.807, 2.05) is 0 Å². The number of rotatable bonds is 4. The van der Waals surface area contributed by atoms with Gasteiger partial charge in [0.15, 0.2) is 0 Å². The summed E-state index contributed by atoms with van der Waals surface area (Å²) in [6.07, 6.45) is 0. The normalized spacial score (nSPS) is 13.2. The number of hydrogen-bond donors (Lipinski definition) is 0. The average Bonchev–Trinajstić information content (AvgIpc) is 3.42. The lowest BCUT2D eigenvalue weighted by atomic mass is 9.82. The van der Waals surface area contributed by atoms with Crippen molar-refractivity contribution in [2.24, 2.45) is 0 Å². The fourth-order valence-electron chi connectivity index (χ4n) is 9.95. The highest BCUT2D eigenvalue weighted by Crippen LogP contribution is 2.56. The van der Waals surface area contributed by atoms with Gasteiger partial charge in [-0.05, 0) is 120 Å². The summed E-state index contributed by atoms with van der Waals surface area (Å²) in [6, 6.07) is 73.3. The first-order valence-corrected chi connectivity index (χ1v) is 20.5. The van der Waals surface area contributed by atoms with Crippen LogP contribution in [-0.2, 0) is 5.41 Å². The third-order valence-electron chi connectivity index (χ3n) is 12.8. The van der Waals surface area contributed by atoms with E-state index in [0.29, 0.717) is 0 Å². The lowest BCUT2D eigenvalue weighted by Crippen LogP contribution is -2.17. The predicted octanol–water partition coefficient (Wildman–Crippen LogP) is 16.0. The second kappa shape index (κ2) is 12.8. The highest BCUT2D eigenvalue weighted by molar-refractivity contribution is 6.15. The minimum Gasteiger partial charge on any atom is -0.456 e. The van der Waals surface area contributed by atoms with Crippen molar-refractivity contribution in [2.45, 2.75) is 19.3 Å². The van der Waals surface area contributed by atoms with Crippen molar-refractivity contribution in [2.75, 3.05) is 4.90 Å². The lowest BCUT2D eigenvalue weighted by molar-refractivity contribution is 0.488. The van der Waals surface area contributed by atoms with E-state index < -0.39 is 0 Å². The summed E-state index contributed by atoms with van der Waals surface area (Å²) in [5.74, 6) is 1.68. The third kappa shape index (κ3) is 5.13. The quantitative estimate of drug-likeness (QED) is 0.166. The van der Waals surface area contributed by atoms with E-state index in [9.17, 15) is 0 Å². The van der Waals surface area contributed by atoms with E-state index in [2.05, 4.69) is 219 Å². The van der Waals surface area contributed by atoms with Crippen LogP contribution >= 0.6 is 0 Å². The van der Waals surface area contributed by atoms with Gasteiger partial charge >= 0.3 is 0 Å². The molecule has 59 heavy (non-hydrogen) atoms. The Morgan fingerprint density at radius 1 is 0.373 bits per heavy atom. The Bertz CT molecular complexity index is 3340. The van der Waals surface area contributed by atoms with E-state index in [-0.39, 0.29) is 5.41 Å². The summed E-state index contributed by atoms with van der Waals surface area (Å²) in [5.41, 5.74) is 15.2. The number of nitrogens with zero attached hydrogens (tertiary/aromatic N) is 1. The van der Waals surface area contributed by atoms with Crippen molar-refractivity contribution >= 4 is 49.4 Å². The molecule has 12 rings (SSSR count). The molecule has 0 fully saturated rings. The van der Waals surface area contributed by atoms with Crippen molar-refractivity contribution < 1.29 is 4.74 Å². The molecule has 0 radical (unpaired) electrons. The van der Waals surface area contributed by atoms with Crippen LogP contribution in [0, 0.1) is 0 Å². The Hall–Kier alpha value is -7.42. The summed E-state index contributed by atoms with van der Waals surface area (Å²) in [7, 11) is 0. The Balaban J connectivity index is 1.19. The molecular formula is C57H39NO. The molecule has 0 atom stereocenters. The molecule has 0 unspecified atom stereocenters. The fourth-order valence-corrected chi connectivity index (χ4v) is 9.95. The van der Waals surface area contributed by atoms with E-state index >= 15 is 0 Å². The van der Waals surface area contributed by atoms with Crippen molar-refractivity contribution in [3.8, 4) is 56.0 Å². The van der Waals surface area contributed by atoms with Crippen LogP contribution in [-0.4, -0.2) is 0 Å². The molecule has 0 spiro atoms. The minimum atomic E-state index is -0.170. The van der Waals surface area contributed by atoms with Gasteiger partial charge in [-0.15, -0.1) is 0 Å². The van der Waals surface area contributed by atoms with Crippen LogP contribution < -0.4 is 9.64 Å². The van der Waals surface area contributed by atoms with Gasteiger partial charge in [0.25, 0.3) is 0 Å². The van der Waals surface area contributed by atoms with Crippen LogP contribution in [0.15, 0.2) is 200 Å². The van der Waals surface area contributed by atoms with E-state index in [0.717, 1.165) is 61.8 Å². The molecule has 10 aromatic carbocycles. The highest BCUT2D eigenvalue weighted by Gasteiger charge is 2.36. The van der Waals surface area contributed by atoms with E-state index in [1.54, 1.807) is 0 Å². The van der Waals surface area contributed by atoms with Crippen molar-refractivity contribution in [3.05, 3.63) is 211 Å². The summed E-state index contributed by atoms with van der Waals surface area (Å²) in [4.78, 5) is 2.50. The van der Waals surface area contributed by atoms with Crippen LogP contribution in [0.4, 0.5) is 17.1 Å². The topological polar surface area (TPSA) is 12.5 Å². The zero-order valence-electron chi connectivity index (χ0n) is 32.9. The standard InChI is InChI=1S/C57H39NO/c1-57(2)50-24-13-12-22-45(50)46-30-28-41(35-51(46)57)58(53-33-40-19-8-9-20-42(40)43-21-10-11-23-47(43)53)52-25-14-26-54-56(52)49-32-39(36-15-4-3-5-16-36)27-29-44(49)48-31-37-17-6-7-18-38(37)34-55(48)59-54/h3-35H,1-2H3. The summed E-state index contributed by atoms with van der Waals surface area (Å²) in [6.45, 7) is 4.73. The molecule has 0 aromatic heterocycles. The molecule has 0 bridgehead atoms. The third-order valence-corrected chi connectivity index (χ3v) is 12.8. The molecule has 0 amide bonds. The molecule has 2 heteroatoms. The monoisotopic (exact) mass is 753 g/mol. The maximum Gasteiger partial charge on any atom is 0.137 e. The zero-order valence-corrected chi connectivity index (χ0v) is 32.9. The van der Waals surface area contributed by atoms with Gasteiger partial charge in [0.05, 0.1) is 11.4 Å². The Labute approximate surface area is 344 Å². The molecule has 0 saturated heterocycles. The summed E-state index contributed by atoms with van der Waals surface area (Å²) >= 11 is 0. The summed E-state index contributed by atoms with van der Waals surface area (Å²) < 4.78 is 7.18. The van der Waals surface area contributed by atoms with Crippen LogP contribution in [0.2, 0.25) is 0 Å². The van der Waals surface area contributed by atoms with Crippen molar-refractivity contribution in [3.63, 3.8) is 0 Å². The molecule has 2 nitrogen and oxygen atoms in total. The van der Waals surface area contributed by atoms with Gasteiger partial charge in [-0.1, -0.05) is 166 Å². The lowest BCUT2D eigenvalue weighted by Gasteiger charge is -2.31. The van der Waals surface area contributed by atoms with Gasteiger partial charge in [-0.25, -0.2) is 0 Å². The molecule has 2 aliphatic rings. The van der Waals surface area contributed by atoms with Gasteiger partial charge in [0, 0.05) is 27.6 Å². The van der Waals surface area contributed by atoms with Crippen LogP contribution in [0.5, 0.6) is 11.5 Å². The molecule has 10 aromatic rings. The second-order valence-electron chi connectivity index (χ2n) is 16.5. The minimum absolute atomic E-state index is 0.170. The first kappa shape index (κ1) is 33.7. The van der Waals surface area contributed by atoms with Gasteiger partial charge in [-0.3, -0.25) is 0 Å². The maximum absolute atomic E-state index is 7.18. The van der Waals surface area contributed by atoms with Crippen LogP contribution in [0.1, 0.15) is 25.0 Å². The Morgan fingerprint density at radius 2 is 1.05 bits per heavy atom. The number of ether oxygens (including phenoxy) is 1. The number of hydrogen-bond acceptors (Lipinski definition) is 2. The fraction of sp³-hybridized carbons (Fsp3) is 0.0526. The van der Waals surface area contributed by atoms with Crippen LogP contribution in [0.3, 0.4) is 0 Å². The van der Waals surface area contributed by atoms with Gasteiger partial charge < -0.3 is 9.64 Å². The van der Waals surface area contributed by atoms with E-state index in [1.165, 1.54) is 54.7 Å². The maximum atomic E-state index is 7.18. The second-order valence-corrected chi connectivity index (χ2v) is 16.5. The Kier molecular flexibility index (Phi) is 7.31. The van der Waals surface area contributed by atoms with Gasteiger partial charge in [0.2, 0.25) is 0 Å². The number of fused-ring (bicyclic) bond motifs is 12. The SMILES string of the molecule is CC1(C)c2ccccc2-c2ccc(N(c3cccc4c3-c3cc(-c5ccccc5)ccc3-c3cc5ccccc5cc3O4)c3cc4ccccc4c4ccccc34)cc21. The average molecular weight is 754 g/mol. The first-order valence-electron chi connectivity index (χ1n) is 20.5. The molecule has 0 N–H and O–H groups in total. The molecule has 1 heterocycles. The van der Waals surface area contributed by atoms with Crippen molar-refractivity contribution in [1.82, 2.24) is 0 Å². The van der Waals surface area contributed by atoms with Crippen molar-refractivity contribution in [1.29, 1.82) is 0 Å². The zero-order chi connectivity index (χ0) is 39.2. The molecule has 1 aliphatic carbocycles. The first-order chi connectivity index (χ1) is 29.0. The molecule has 278 valence electrons.